The first-order chi connectivity index (χ1) is 11.9. The smallest absolute Gasteiger partial charge is 0.208 e. The molecular formula is C17H11F2NO4S. The van der Waals surface area contributed by atoms with E-state index in [1.165, 1.54) is 12.1 Å². The van der Waals surface area contributed by atoms with Gasteiger partial charge < -0.3 is 4.74 Å². The van der Waals surface area contributed by atoms with E-state index in [4.69, 9.17) is 10.00 Å². The van der Waals surface area contributed by atoms with Crippen LogP contribution in [0.5, 0.6) is 11.5 Å². The third kappa shape index (κ3) is 3.10. The van der Waals surface area contributed by atoms with Crippen molar-refractivity contribution < 1.29 is 26.7 Å². The van der Waals surface area contributed by atoms with Crippen LogP contribution in [0.1, 0.15) is 27.9 Å². The number of nitriles is 1. The SMILES string of the molecule is N#Cc1cc(F)cc(Oc2ccc(S(=O)(=O)CF)c3c2CCC3=O)c1. The number of nitrogens with zero attached hydrogens (tertiary/aromatic N) is 1. The number of Topliss-reactive ketones (excluding diaryl/α,β-unsaturated/α-hetero) is 1. The summed E-state index contributed by atoms with van der Waals surface area (Å²) in [6.45, 7) is 0. The Morgan fingerprint density at radius 1 is 1.20 bits per heavy atom. The summed E-state index contributed by atoms with van der Waals surface area (Å²) < 4.78 is 55.6. The van der Waals surface area contributed by atoms with Crippen LogP contribution in [0.25, 0.3) is 0 Å². The molecular weight excluding hydrogens is 352 g/mol. The van der Waals surface area contributed by atoms with Gasteiger partial charge in [0.1, 0.15) is 17.3 Å². The fourth-order valence-electron chi connectivity index (χ4n) is 2.75. The summed E-state index contributed by atoms with van der Waals surface area (Å²) in [5, 5.41) is 8.88. The molecule has 0 unspecified atom stereocenters. The van der Waals surface area contributed by atoms with Crippen LogP contribution in [0.2, 0.25) is 0 Å². The molecule has 0 saturated carbocycles. The number of hydrogen-bond acceptors (Lipinski definition) is 5. The van der Waals surface area contributed by atoms with Gasteiger partial charge in [0.25, 0.3) is 0 Å². The molecule has 2 aromatic rings. The van der Waals surface area contributed by atoms with Crippen molar-refractivity contribution in [2.24, 2.45) is 0 Å². The second-order valence-corrected chi connectivity index (χ2v) is 7.34. The van der Waals surface area contributed by atoms with Gasteiger partial charge in [-0.15, -0.1) is 0 Å². The fourth-order valence-corrected chi connectivity index (χ4v) is 3.69. The van der Waals surface area contributed by atoms with Crippen molar-refractivity contribution in [3.63, 3.8) is 0 Å². The third-order valence-electron chi connectivity index (χ3n) is 3.82. The zero-order chi connectivity index (χ0) is 18.2. The van der Waals surface area contributed by atoms with Gasteiger partial charge in [-0.2, -0.15) is 5.26 Å². The number of alkyl halides is 1. The van der Waals surface area contributed by atoms with Gasteiger partial charge in [0.05, 0.1) is 16.5 Å². The van der Waals surface area contributed by atoms with Crippen molar-refractivity contribution >= 4 is 15.6 Å². The van der Waals surface area contributed by atoms with E-state index < -0.39 is 27.4 Å². The van der Waals surface area contributed by atoms with Crippen molar-refractivity contribution in [1.82, 2.24) is 0 Å². The first-order valence-corrected chi connectivity index (χ1v) is 8.87. The van der Waals surface area contributed by atoms with Gasteiger partial charge in [0, 0.05) is 23.6 Å². The highest BCUT2D eigenvalue weighted by molar-refractivity contribution is 7.91. The molecule has 0 saturated heterocycles. The molecule has 0 bridgehead atoms. The van der Waals surface area contributed by atoms with Crippen molar-refractivity contribution in [2.75, 3.05) is 6.01 Å². The van der Waals surface area contributed by atoms with Crippen LogP contribution in [-0.2, 0) is 16.3 Å². The summed E-state index contributed by atoms with van der Waals surface area (Å²) in [4.78, 5) is 11.7. The fraction of sp³-hybridized carbons (Fsp3) is 0.176. The Kier molecular flexibility index (Phi) is 4.27. The largest absolute Gasteiger partial charge is 0.457 e. The lowest BCUT2D eigenvalue weighted by Gasteiger charge is -2.13. The van der Waals surface area contributed by atoms with Crippen molar-refractivity contribution in [3.05, 3.63) is 52.8 Å². The van der Waals surface area contributed by atoms with Gasteiger partial charge in [-0.1, -0.05) is 0 Å². The maximum atomic E-state index is 13.5. The number of carbonyl (C=O) groups excluding carboxylic acids is 1. The van der Waals surface area contributed by atoms with Crippen LogP contribution >= 0.6 is 0 Å². The Labute approximate surface area is 142 Å². The molecule has 0 spiro atoms. The molecule has 128 valence electrons. The summed E-state index contributed by atoms with van der Waals surface area (Å²) in [7, 11) is -4.21. The minimum Gasteiger partial charge on any atom is -0.457 e. The van der Waals surface area contributed by atoms with Gasteiger partial charge in [0.15, 0.2) is 11.8 Å². The summed E-state index contributed by atoms with van der Waals surface area (Å²) in [6.07, 6.45) is 0.316. The molecule has 0 fully saturated rings. The van der Waals surface area contributed by atoms with E-state index in [0.717, 1.165) is 18.2 Å². The summed E-state index contributed by atoms with van der Waals surface area (Å²) in [5.74, 6) is -0.866. The monoisotopic (exact) mass is 363 g/mol. The molecule has 0 radical (unpaired) electrons. The van der Waals surface area contributed by atoms with Gasteiger partial charge in [-0.05, 0) is 30.7 Å². The Bertz CT molecular complexity index is 1030. The highest BCUT2D eigenvalue weighted by Gasteiger charge is 2.31. The van der Waals surface area contributed by atoms with Gasteiger partial charge in [0.2, 0.25) is 9.84 Å². The Morgan fingerprint density at radius 3 is 2.64 bits per heavy atom. The molecule has 1 aliphatic carbocycles. The van der Waals surface area contributed by atoms with E-state index in [9.17, 15) is 22.0 Å². The zero-order valence-electron chi connectivity index (χ0n) is 12.8. The van der Waals surface area contributed by atoms with Crippen LogP contribution in [0.4, 0.5) is 8.78 Å². The van der Waals surface area contributed by atoms with Gasteiger partial charge in [-0.25, -0.2) is 17.2 Å². The lowest BCUT2D eigenvalue weighted by molar-refractivity contribution is 0.0991. The highest BCUT2D eigenvalue weighted by Crippen LogP contribution is 2.38. The Balaban J connectivity index is 2.10. The van der Waals surface area contributed by atoms with Crippen LogP contribution in [0.15, 0.2) is 35.2 Å². The standard InChI is InChI=1S/C17H11F2NO4S/c18-9-25(22,23)16-4-3-15(13-1-2-14(21)17(13)16)24-12-6-10(8-20)5-11(19)7-12/h3-7H,1-2,9H2. The number of carbonyl (C=O) groups is 1. The van der Waals surface area contributed by atoms with E-state index in [-0.39, 0.29) is 40.4 Å². The molecule has 0 aliphatic heterocycles. The minimum absolute atomic E-state index is 0.0409. The van der Waals surface area contributed by atoms with E-state index >= 15 is 0 Å². The Hall–Kier alpha value is -2.79. The van der Waals surface area contributed by atoms with E-state index in [1.54, 1.807) is 6.07 Å². The molecule has 3 rings (SSSR count). The van der Waals surface area contributed by atoms with Gasteiger partial charge in [-0.3, -0.25) is 4.79 Å². The zero-order valence-corrected chi connectivity index (χ0v) is 13.6. The molecule has 0 atom stereocenters. The second kappa shape index (κ2) is 6.26. The lowest BCUT2D eigenvalue weighted by atomic mass is 10.1. The maximum Gasteiger partial charge on any atom is 0.208 e. The normalized spacial score (nSPS) is 13.4. The highest BCUT2D eigenvalue weighted by atomic mass is 32.2. The van der Waals surface area contributed by atoms with Crippen molar-refractivity contribution in [3.8, 4) is 17.6 Å². The predicted octanol–water partition coefficient (Wildman–Crippen LogP) is 3.32. The van der Waals surface area contributed by atoms with E-state index in [1.807, 2.05) is 0 Å². The third-order valence-corrected chi connectivity index (χ3v) is 5.12. The molecule has 5 nitrogen and oxygen atoms in total. The molecule has 1 aliphatic rings. The number of hydrogen-bond donors (Lipinski definition) is 0. The molecule has 2 aromatic carbocycles. The number of ketones is 1. The molecule has 0 N–H and O–H groups in total. The molecule has 25 heavy (non-hydrogen) atoms. The van der Waals surface area contributed by atoms with Crippen molar-refractivity contribution in [2.45, 2.75) is 17.7 Å². The topological polar surface area (TPSA) is 84.2 Å². The van der Waals surface area contributed by atoms with Crippen LogP contribution in [-0.4, -0.2) is 20.2 Å². The molecule has 0 heterocycles. The quantitative estimate of drug-likeness (QED) is 0.832. The first kappa shape index (κ1) is 17.0. The summed E-state index contributed by atoms with van der Waals surface area (Å²) in [5.41, 5.74) is 0.314. The van der Waals surface area contributed by atoms with E-state index in [2.05, 4.69) is 0 Å². The van der Waals surface area contributed by atoms with Gasteiger partial charge >= 0.3 is 0 Å². The number of rotatable bonds is 4. The van der Waals surface area contributed by atoms with E-state index in [0.29, 0.717) is 5.56 Å². The number of benzene rings is 2. The number of halogens is 2. The van der Waals surface area contributed by atoms with Crippen LogP contribution in [0, 0.1) is 17.1 Å². The predicted molar refractivity (Wildman–Crippen MR) is 83.4 cm³/mol. The first-order valence-electron chi connectivity index (χ1n) is 7.22. The molecule has 0 amide bonds. The number of fused-ring (bicyclic) bond motifs is 1. The summed E-state index contributed by atoms with van der Waals surface area (Å²) in [6, 6.07) is 6.02. The lowest BCUT2D eigenvalue weighted by Crippen LogP contribution is -2.09. The van der Waals surface area contributed by atoms with Crippen molar-refractivity contribution in [1.29, 1.82) is 5.26 Å². The molecule has 8 heteroatoms. The Morgan fingerprint density at radius 2 is 1.96 bits per heavy atom. The average Bonchev–Trinajstić information content (AvgIpc) is 2.97. The number of ether oxygens (including phenoxy) is 1. The second-order valence-electron chi connectivity index (χ2n) is 5.45. The minimum atomic E-state index is -4.21. The molecule has 0 aromatic heterocycles. The average molecular weight is 363 g/mol. The maximum absolute atomic E-state index is 13.5. The number of sulfone groups is 1. The van der Waals surface area contributed by atoms with Crippen LogP contribution < -0.4 is 4.74 Å². The summed E-state index contributed by atoms with van der Waals surface area (Å²) >= 11 is 0. The van der Waals surface area contributed by atoms with Crippen LogP contribution in [0.3, 0.4) is 0 Å².